The van der Waals surface area contributed by atoms with E-state index < -0.39 is 0 Å². The molecule has 1 aromatic rings. The summed E-state index contributed by atoms with van der Waals surface area (Å²) < 4.78 is 16.4. The molecule has 7 heteroatoms. The lowest BCUT2D eigenvalue weighted by atomic mass is 9.79. The van der Waals surface area contributed by atoms with Gasteiger partial charge in [-0.15, -0.1) is 12.4 Å². The van der Waals surface area contributed by atoms with Gasteiger partial charge in [-0.3, -0.25) is 4.90 Å². The highest BCUT2D eigenvalue weighted by Gasteiger charge is 2.36. The molecule has 25 heavy (non-hydrogen) atoms. The number of benzene rings is 1. The molecule has 1 fully saturated rings. The quantitative estimate of drug-likeness (QED) is 0.762. The van der Waals surface area contributed by atoms with Gasteiger partial charge in [-0.1, -0.05) is 13.8 Å². The van der Waals surface area contributed by atoms with Gasteiger partial charge in [-0.05, 0) is 17.7 Å². The first-order valence-electron chi connectivity index (χ1n) is 8.34. The molecule has 1 saturated heterocycles. The minimum absolute atomic E-state index is 0. The average Bonchev–Trinajstić information content (AvgIpc) is 2.61. The van der Waals surface area contributed by atoms with Gasteiger partial charge in [0.2, 0.25) is 5.75 Å². The summed E-state index contributed by atoms with van der Waals surface area (Å²) in [5.74, 6) is 1.87. The van der Waals surface area contributed by atoms with E-state index in [1.807, 2.05) is 12.1 Å². The van der Waals surface area contributed by atoms with E-state index in [4.69, 9.17) is 14.2 Å². The third kappa shape index (κ3) is 4.70. The molecule has 1 aliphatic rings. The Morgan fingerprint density at radius 2 is 1.60 bits per heavy atom. The number of hydrogen-bond donors (Lipinski definition) is 2. The van der Waals surface area contributed by atoms with Crippen molar-refractivity contribution in [1.82, 2.24) is 10.2 Å². The number of nitrogens with zero attached hydrogens (tertiary/aromatic N) is 1. The zero-order valence-electron chi connectivity index (χ0n) is 15.8. The van der Waals surface area contributed by atoms with Crippen molar-refractivity contribution in [3.8, 4) is 17.2 Å². The summed E-state index contributed by atoms with van der Waals surface area (Å²) >= 11 is 0. The summed E-state index contributed by atoms with van der Waals surface area (Å²) in [6.45, 7) is 8.03. The molecule has 0 bridgehead atoms. The van der Waals surface area contributed by atoms with Crippen molar-refractivity contribution >= 4 is 12.4 Å². The number of methoxy groups -OCH3 is 3. The Bertz CT molecular complexity index is 523. The fourth-order valence-corrected chi connectivity index (χ4v) is 3.44. The fourth-order valence-electron chi connectivity index (χ4n) is 3.44. The van der Waals surface area contributed by atoms with Crippen LogP contribution in [0.4, 0.5) is 0 Å². The number of halogens is 1. The van der Waals surface area contributed by atoms with Crippen molar-refractivity contribution in [2.45, 2.75) is 19.9 Å². The molecule has 0 unspecified atom stereocenters. The molecule has 1 heterocycles. The van der Waals surface area contributed by atoms with Crippen LogP contribution in [0.5, 0.6) is 17.2 Å². The van der Waals surface area contributed by atoms with Crippen LogP contribution in [0.15, 0.2) is 12.1 Å². The normalized spacial score (nSPS) is 16.7. The minimum atomic E-state index is -0.304. The van der Waals surface area contributed by atoms with Crippen molar-refractivity contribution in [3.05, 3.63) is 17.7 Å². The molecule has 0 saturated carbocycles. The van der Waals surface area contributed by atoms with E-state index >= 15 is 0 Å². The van der Waals surface area contributed by atoms with Crippen LogP contribution in [-0.4, -0.2) is 64.1 Å². The van der Waals surface area contributed by atoms with E-state index in [1.54, 1.807) is 21.3 Å². The number of piperazine rings is 1. The van der Waals surface area contributed by atoms with E-state index in [9.17, 15) is 5.11 Å². The van der Waals surface area contributed by atoms with Gasteiger partial charge in [0.1, 0.15) is 0 Å². The third-order valence-corrected chi connectivity index (χ3v) is 4.67. The predicted octanol–water partition coefficient (Wildman–Crippen LogP) is 2.10. The standard InChI is InChI=1S/C18H30N2O4.ClH/c1-18(2,12-21)17(20-8-6-19-7-9-20)13-10-14(22-3)16(24-5)15(11-13)23-4;/h10-11,17,19,21H,6-9,12H2,1-5H3;1H/t17-;/m0./s1. The Kier molecular flexibility index (Phi) is 8.28. The van der Waals surface area contributed by atoms with Gasteiger partial charge < -0.3 is 24.6 Å². The maximum atomic E-state index is 9.98. The molecule has 1 aliphatic heterocycles. The van der Waals surface area contributed by atoms with Crippen LogP contribution in [0.1, 0.15) is 25.5 Å². The van der Waals surface area contributed by atoms with Gasteiger partial charge in [0.15, 0.2) is 11.5 Å². The Balaban J connectivity index is 0.00000312. The Labute approximate surface area is 156 Å². The first kappa shape index (κ1) is 21.8. The fraction of sp³-hybridized carbons (Fsp3) is 0.667. The van der Waals surface area contributed by atoms with Crippen LogP contribution >= 0.6 is 12.4 Å². The van der Waals surface area contributed by atoms with Crippen LogP contribution in [0.3, 0.4) is 0 Å². The molecule has 0 radical (unpaired) electrons. The largest absolute Gasteiger partial charge is 0.493 e. The Hall–Kier alpha value is -1.21. The second kappa shape index (κ2) is 9.48. The molecule has 0 aliphatic carbocycles. The van der Waals surface area contributed by atoms with E-state index in [0.717, 1.165) is 31.7 Å². The van der Waals surface area contributed by atoms with Gasteiger partial charge in [-0.25, -0.2) is 0 Å². The Morgan fingerprint density at radius 3 is 2.00 bits per heavy atom. The number of ether oxygens (including phenoxy) is 3. The predicted molar refractivity (Wildman–Crippen MR) is 101 cm³/mol. The lowest BCUT2D eigenvalue weighted by Crippen LogP contribution is -2.49. The summed E-state index contributed by atoms with van der Waals surface area (Å²) in [6, 6.07) is 4.04. The Morgan fingerprint density at radius 1 is 1.08 bits per heavy atom. The maximum Gasteiger partial charge on any atom is 0.203 e. The molecule has 1 atom stereocenters. The number of aliphatic hydroxyl groups excluding tert-OH is 1. The van der Waals surface area contributed by atoms with Crippen molar-refractivity contribution in [3.63, 3.8) is 0 Å². The lowest BCUT2D eigenvalue weighted by Gasteiger charge is -2.43. The third-order valence-electron chi connectivity index (χ3n) is 4.67. The van der Waals surface area contributed by atoms with Gasteiger partial charge in [0.05, 0.1) is 21.3 Å². The highest BCUT2D eigenvalue weighted by molar-refractivity contribution is 5.85. The summed E-state index contributed by atoms with van der Waals surface area (Å²) in [5, 5.41) is 13.4. The minimum Gasteiger partial charge on any atom is -0.493 e. The van der Waals surface area contributed by atoms with Gasteiger partial charge in [0.25, 0.3) is 0 Å². The second-order valence-corrected chi connectivity index (χ2v) is 6.79. The molecule has 2 N–H and O–H groups in total. The summed E-state index contributed by atoms with van der Waals surface area (Å²) in [4.78, 5) is 2.41. The molecule has 1 aromatic carbocycles. The van der Waals surface area contributed by atoms with Crippen LogP contribution < -0.4 is 19.5 Å². The second-order valence-electron chi connectivity index (χ2n) is 6.79. The molecule has 0 aromatic heterocycles. The molecule has 144 valence electrons. The summed E-state index contributed by atoms with van der Waals surface area (Å²) in [6.07, 6.45) is 0. The molecule has 0 amide bonds. The van der Waals surface area contributed by atoms with Crippen LogP contribution in [0.25, 0.3) is 0 Å². The van der Waals surface area contributed by atoms with Crippen molar-refractivity contribution < 1.29 is 19.3 Å². The summed E-state index contributed by atoms with van der Waals surface area (Å²) in [5.41, 5.74) is 0.757. The number of hydrogen-bond acceptors (Lipinski definition) is 6. The zero-order chi connectivity index (χ0) is 17.7. The SMILES string of the molecule is COc1cc([C@H](N2CCNCC2)C(C)(C)CO)cc(OC)c1OC.Cl. The van der Waals surface area contributed by atoms with Gasteiger partial charge >= 0.3 is 0 Å². The average molecular weight is 375 g/mol. The van der Waals surface area contributed by atoms with Gasteiger partial charge in [-0.2, -0.15) is 0 Å². The molecular formula is C18H31ClN2O4. The van der Waals surface area contributed by atoms with Crippen LogP contribution in [0.2, 0.25) is 0 Å². The molecule has 2 rings (SSSR count). The van der Waals surface area contributed by atoms with Gasteiger partial charge in [0, 0.05) is 44.2 Å². The molecule has 0 spiro atoms. The highest BCUT2D eigenvalue weighted by atomic mass is 35.5. The van der Waals surface area contributed by atoms with Crippen LogP contribution in [-0.2, 0) is 0 Å². The van der Waals surface area contributed by atoms with E-state index in [2.05, 4.69) is 24.1 Å². The number of nitrogens with one attached hydrogen (secondary N) is 1. The lowest BCUT2D eigenvalue weighted by molar-refractivity contribution is 0.0303. The maximum absolute atomic E-state index is 9.98. The van der Waals surface area contributed by atoms with Crippen molar-refractivity contribution in [2.24, 2.45) is 5.41 Å². The van der Waals surface area contributed by atoms with E-state index in [0.29, 0.717) is 17.2 Å². The number of aliphatic hydroxyl groups is 1. The van der Waals surface area contributed by atoms with E-state index in [1.165, 1.54) is 0 Å². The van der Waals surface area contributed by atoms with Crippen LogP contribution in [0, 0.1) is 5.41 Å². The highest BCUT2D eigenvalue weighted by Crippen LogP contribution is 2.45. The van der Waals surface area contributed by atoms with Crippen molar-refractivity contribution in [1.29, 1.82) is 0 Å². The molecular weight excluding hydrogens is 344 g/mol. The zero-order valence-corrected chi connectivity index (χ0v) is 16.6. The summed E-state index contributed by atoms with van der Waals surface area (Å²) in [7, 11) is 4.85. The molecule has 6 nitrogen and oxygen atoms in total. The first-order valence-corrected chi connectivity index (χ1v) is 8.34. The monoisotopic (exact) mass is 374 g/mol. The van der Waals surface area contributed by atoms with Crippen molar-refractivity contribution in [2.75, 3.05) is 54.1 Å². The first-order chi connectivity index (χ1) is 11.5. The number of rotatable bonds is 7. The van der Waals surface area contributed by atoms with E-state index in [-0.39, 0.29) is 30.5 Å². The smallest absolute Gasteiger partial charge is 0.203 e. The topological polar surface area (TPSA) is 63.2 Å².